The lowest BCUT2D eigenvalue weighted by atomic mass is 9.90. The largest absolute Gasteiger partial charge is 0.378 e. The average molecular weight is 231 g/mol. The van der Waals surface area contributed by atoms with Gasteiger partial charge in [-0.15, -0.1) is 0 Å². The summed E-state index contributed by atoms with van der Waals surface area (Å²) < 4.78 is 11.3. The standard InChI is InChI=1S/C11H21NO2S/c1-15-7-4-12-10-2-5-14-11(8-10)3-6-13-9-11/h10,12H,2-9H2,1H3. The molecule has 2 aliphatic rings. The van der Waals surface area contributed by atoms with Gasteiger partial charge in [0.15, 0.2) is 0 Å². The number of hydrogen-bond donors (Lipinski definition) is 1. The summed E-state index contributed by atoms with van der Waals surface area (Å²) in [5, 5.41) is 3.62. The smallest absolute Gasteiger partial charge is 0.0951 e. The monoisotopic (exact) mass is 231 g/mol. The third kappa shape index (κ3) is 3.09. The lowest BCUT2D eigenvalue weighted by Crippen LogP contribution is -2.47. The van der Waals surface area contributed by atoms with Gasteiger partial charge >= 0.3 is 0 Å². The zero-order chi connectivity index (χ0) is 10.6. The number of ether oxygens (including phenoxy) is 2. The summed E-state index contributed by atoms with van der Waals surface area (Å²) in [4.78, 5) is 0. The first kappa shape index (κ1) is 11.7. The van der Waals surface area contributed by atoms with Gasteiger partial charge in [-0.1, -0.05) is 0 Å². The van der Waals surface area contributed by atoms with Crippen LogP contribution < -0.4 is 5.32 Å². The highest BCUT2D eigenvalue weighted by Gasteiger charge is 2.40. The highest BCUT2D eigenvalue weighted by Crippen LogP contribution is 2.32. The first-order valence-corrected chi connectivity index (χ1v) is 7.18. The van der Waals surface area contributed by atoms with Crippen molar-refractivity contribution < 1.29 is 9.47 Å². The van der Waals surface area contributed by atoms with Crippen LogP contribution in [-0.4, -0.2) is 50.0 Å². The zero-order valence-corrected chi connectivity index (χ0v) is 10.3. The Morgan fingerprint density at radius 2 is 2.40 bits per heavy atom. The minimum Gasteiger partial charge on any atom is -0.378 e. The quantitative estimate of drug-likeness (QED) is 0.738. The Labute approximate surface area is 96.3 Å². The maximum absolute atomic E-state index is 5.89. The third-order valence-corrected chi connectivity index (χ3v) is 3.91. The maximum Gasteiger partial charge on any atom is 0.0951 e. The minimum absolute atomic E-state index is 0.0509. The molecule has 1 N–H and O–H groups in total. The molecule has 0 aromatic rings. The molecule has 2 heterocycles. The molecule has 2 rings (SSSR count). The summed E-state index contributed by atoms with van der Waals surface area (Å²) in [7, 11) is 0. The molecule has 0 aromatic carbocycles. The van der Waals surface area contributed by atoms with E-state index in [0.29, 0.717) is 6.04 Å². The predicted molar refractivity (Wildman–Crippen MR) is 63.5 cm³/mol. The molecule has 2 aliphatic heterocycles. The summed E-state index contributed by atoms with van der Waals surface area (Å²) in [6, 6.07) is 0.632. The molecule has 1 spiro atoms. The van der Waals surface area contributed by atoms with E-state index < -0.39 is 0 Å². The van der Waals surface area contributed by atoms with Crippen LogP contribution in [0, 0.1) is 0 Å². The van der Waals surface area contributed by atoms with Gasteiger partial charge in [-0.25, -0.2) is 0 Å². The Bertz CT molecular complexity index is 195. The molecule has 2 unspecified atom stereocenters. The van der Waals surface area contributed by atoms with Gasteiger partial charge in [-0.2, -0.15) is 11.8 Å². The fraction of sp³-hybridized carbons (Fsp3) is 1.00. The van der Waals surface area contributed by atoms with Gasteiger partial charge in [-0.05, 0) is 19.1 Å². The topological polar surface area (TPSA) is 30.5 Å². The average Bonchev–Trinajstić information content (AvgIpc) is 2.67. The van der Waals surface area contributed by atoms with E-state index in [1.54, 1.807) is 0 Å². The van der Waals surface area contributed by atoms with Crippen molar-refractivity contribution in [3.63, 3.8) is 0 Å². The highest BCUT2D eigenvalue weighted by molar-refractivity contribution is 7.98. The second-order valence-corrected chi connectivity index (χ2v) is 5.46. The molecule has 0 bridgehead atoms. The van der Waals surface area contributed by atoms with Crippen LogP contribution in [-0.2, 0) is 9.47 Å². The molecule has 2 atom stereocenters. The Balaban J connectivity index is 1.76. The summed E-state index contributed by atoms with van der Waals surface area (Å²) in [6.07, 6.45) is 5.50. The zero-order valence-electron chi connectivity index (χ0n) is 9.46. The molecular formula is C11H21NO2S. The van der Waals surface area contributed by atoms with Crippen molar-refractivity contribution in [2.24, 2.45) is 0 Å². The van der Waals surface area contributed by atoms with Gasteiger partial charge in [-0.3, -0.25) is 0 Å². The number of nitrogens with one attached hydrogen (secondary N) is 1. The maximum atomic E-state index is 5.89. The molecule has 2 fully saturated rings. The number of hydrogen-bond acceptors (Lipinski definition) is 4. The molecule has 2 saturated heterocycles. The van der Waals surface area contributed by atoms with Gasteiger partial charge < -0.3 is 14.8 Å². The van der Waals surface area contributed by atoms with Crippen molar-refractivity contribution in [2.75, 3.05) is 38.4 Å². The molecule has 88 valence electrons. The van der Waals surface area contributed by atoms with E-state index in [1.807, 2.05) is 11.8 Å². The van der Waals surface area contributed by atoms with E-state index in [0.717, 1.165) is 45.6 Å². The molecule has 0 aliphatic carbocycles. The summed E-state index contributed by atoms with van der Waals surface area (Å²) in [5.41, 5.74) is 0.0509. The van der Waals surface area contributed by atoms with E-state index >= 15 is 0 Å². The van der Waals surface area contributed by atoms with Crippen molar-refractivity contribution in [3.05, 3.63) is 0 Å². The van der Waals surface area contributed by atoms with E-state index in [1.165, 1.54) is 5.75 Å². The first-order chi connectivity index (χ1) is 7.35. The fourth-order valence-electron chi connectivity index (χ4n) is 2.43. The second kappa shape index (κ2) is 5.53. The van der Waals surface area contributed by atoms with Crippen molar-refractivity contribution in [1.82, 2.24) is 5.32 Å². The van der Waals surface area contributed by atoms with E-state index in [9.17, 15) is 0 Å². The molecule has 0 aromatic heterocycles. The summed E-state index contributed by atoms with van der Waals surface area (Å²) in [5.74, 6) is 1.20. The Kier molecular flexibility index (Phi) is 4.31. The van der Waals surface area contributed by atoms with Crippen molar-refractivity contribution >= 4 is 11.8 Å². The van der Waals surface area contributed by atoms with E-state index in [2.05, 4.69) is 11.6 Å². The predicted octanol–water partition coefficient (Wildman–Crippen LogP) is 1.28. The van der Waals surface area contributed by atoms with Gasteiger partial charge in [0, 0.05) is 38.0 Å². The number of rotatable bonds is 4. The Morgan fingerprint density at radius 1 is 1.47 bits per heavy atom. The van der Waals surface area contributed by atoms with E-state index in [4.69, 9.17) is 9.47 Å². The van der Waals surface area contributed by atoms with Crippen molar-refractivity contribution in [3.8, 4) is 0 Å². The van der Waals surface area contributed by atoms with Gasteiger partial charge in [0.05, 0.1) is 12.2 Å². The molecule has 0 amide bonds. The van der Waals surface area contributed by atoms with Crippen LogP contribution in [0.15, 0.2) is 0 Å². The molecule has 3 nitrogen and oxygen atoms in total. The van der Waals surface area contributed by atoms with Crippen LogP contribution in [0.1, 0.15) is 19.3 Å². The molecule has 0 radical (unpaired) electrons. The molecule has 4 heteroatoms. The Morgan fingerprint density at radius 3 is 3.13 bits per heavy atom. The van der Waals surface area contributed by atoms with E-state index in [-0.39, 0.29) is 5.60 Å². The van der Waals surface area contributed by atoms with Crippen LogP contribution in [0.5, 0.6) is 0 Å². The lowest BCUT2D eigenvalue weighted by Gasteiger charge is -2.37. The minimum atomic E-state index is 0.0509. The first-order valence-electron chi connectivity index (χ1n) is 5.79. The van der Waals surface area contributed by atoms with Gasteiger partial charge in [0.25, 0.3) is 0 Å². The van der Waals surface area contributed by atoms with Gasteiger partial charge in [0.1, 0.15) is 0 Å². The van der Waals surface area contributed by atoms with Crippen LogP contribution in [0.4, 0.5) is 0 Å². The second-order valence-electron chi connectivity index (χ2n) is 4.47. The molecule has 0 saturated carbocycles. The summed E-state index contributed by atoms with van der Waals surface area (Å²) in [6.45, 7) is 3.67. The van der Waals surface area contributed by atoms with Gasteiger partial charge in [0.2, 0.25) is 0 Å². The lowest BCUT2D eigenvalue weighted by molar-refractivity contribution is -0.0890. The fourth-order valence-corrected chi connectivity index (χ4v) is 2.75. The normalized spacial score (nSPS) is 36.2. The van der Waals surface area contributed by atoms with Crippen LogP contribution in [0.25, 0.3) is 0 Å². The van der Waals surface area contributed by atoms with Crippen LogP contribution in [0.2, 0.25) is 0 Å². The number of thioether (sulfide) groups is 1. The van der Waals surface area contributed by atoms with Crippen LogP contribution >= 0.6 is 11.8 Å². The molecular weight excluding hydrogens is 210 g/mol. The SMILES string of the molecule is CSCCNC1CCOC2(CCOC2)C1. The molecule has 15 heavy (non-hydrogen) atoms. The van der Waals surface area contributed by atoms with Crippen molar-refractivity contribution in [1.29, 1.82) is 0 Å². The van der Waals surface area contributed by atoms with Crippen LogP contribution in [0.3, 0.4) is 0 Å². The third-order valence-electron chi connectivity index (χ3n) is 3.30. The van der Waals surface area contributed by atoms with Crippen molar-refractivity contribution in [2.45, 2.75) is 30.9 Å². The summed E-state index contributed by atoms with van der Waals surface area (Å²) >= 11 is 1.90. The highest BCUT2D eigenvalue weighted by atomic mass is 32.2. The Hall–Kier alpha value is 0.230.